The number of ether oxygens (including phenoxy) is 1. The van der Waals surface area contributed by atoms with Crippen molar-refractivity contribution in [1.82, 2.24) is 24.8 Å². The third-order valence-electron chi connectivity index (χ3n) is 5.77. The Hall–Kier alpha value is -2.98. The van der Waals surface area contributed by atoms with E-state index in [1.807, 2.05) is 31.2 Å². The number of hydrogen-bond acceptors (Lipinski definition) is 8. The van der Waals surface area contributed by atoms with Crippen LogP contribution in [-0.2, 0) is 11.3 Å². The fourth-order valence-corrected chi connectivity index (χ4v) is 4.78. The number of methoxy groups -OCH3 is 1. The summed E-state index contributed by atoms with van der Waals surface area (Å²) in [6, 6.07) is 7.32. The molecule has 1 amide bonds. The lowest BCUT2D eigenvalue weighted by atomic mass is 10.1. The van der Waals surface area contributed by atoms with Gasteiger partial charge in [-0.05, 0) is 31.2 Å². The van der Waals surface area contributed by atoms with E-state index < -0.39 is 0 Å². The molecule has 0 spiro atoms. The van der Waals surface area contributed by atoms with Gasteiger partial charge in [0.2, 0.25) is 5.91 Å². The summed E-state index contributed by atoms with van der Waals surface area (Å²) < 4.78 is 6.99. The summed E-state index contributed by atoms with van der Waals surface area (Å²) in [4.78, 5) is 39.0. The topological polar surface area (TPSA) is 92.6 Å². The van der Waals surface area contributed by atoms with Crippen LogP contribution in [0.15, 0.2) is 35.4 Å². The van der Waals surface area contributed by atoms with Crippen molar-refractivity contribution in [3.05, 3.63) is 46.5 Å². The summed E-state index contributed by atoms with van der Waals surface area (Å²) in [5.41, 5.74) is 1.16. The number of nitrogens with zero attached hydrogens (tertiary/aromatic N) is 5. The van der Waals surface area contributed by atoms with Gasteiger partial charge in [0.05, 0.1) is 13.2 Å². The molecule has 1 saturated heterocycles. The lowest BCUT2D eigenvalue weighted by Crippen LogP contribution is -2.46. The first-order chi connectivity index (χ1) is 15.5. The van der Waals surface area contributed by atoms with Gasteiger partial charge in [-0.3, -0.25) is 14.2 Å². The fourth-order valence-electron chi connectivity index (χ4n) is 3.76. The number of rotatable bonds is 7. The molecule has 10 heteroatoms. The second-order valence-corrected chi connectivity index (χ2v) is 8.79. The maximum Gasteiger partial charge on any atom is 0.273 e. The average molecular weight is 457 g/mol. The lowest BCUT2D eigenvalue weighted by Gasteiger charge is -2.33. The fraction of sp³-hybridized carbons (Fsp3) is 0.455. The highest BCUT2D eigenvalue weighted by Gasteiger charge is 2.21. The molecule has 1 aromatic carbocycles. The molecular formula is C22H28N6O3S. The minimum atomic E-state index is -0.253. The van der Waals surface area contributed by atoms with E-state index in [0.717, 1.165) is 49.2 Å². The zero-order chi connectivity index (χ0) is 22.7. The van der Waals surface area contributed by atoms with Crippen LogP contribution < -0.4 is 20.5 Å². The van der Waals surface area contributed by atoms with Gasteiger partial charge in [0.1, 0.15) is 23.3 Å². The van der Waals surface area contributed by atoms with Crippen LogP contribution in [0.3, 0.4) is 0 Å². The average Bonchev–Trinajstić information content (AvgIpc) is 3.26. The van der Waals surface area contributed by atoms with Crippen molar-refractivity contribution in [3.8, 4) is 5.75 Å². The number of fused-ring (bicyclic) bond motifs is 1. The molecule has 1 aliphatic heterocycles. The van der Waals surface area contributed by atoms with Crippen molar-refractivity contribution in [2.24, 2.45) is 0 Å². The smallest absolute Gasteiger partial charge is 0.273 e. The predicted octanol–water partition coefficient (Wildman–Crippen LogP) is 1.88. The Balaban J connectivity index is 1.44. The third kappa shape index (κ3) is 4.76. The number of carbonyl (C=O) groups excluding carboxylic acids is 1. The van der Waals surface area contributed by atoms with Crippen LogP contribution >= 0.6 is 11.3 Å². The first-order valence-corrected chi connectivity index (χ1v) is 11.6. The molecule has 4 rings (SSSR count). The maximum atomic E-state index is 13.0. The molecule has 2 aromatic heterocycles. The number of thiazole rings is 1. The van der Waals surface area contributed by atoms with Gasteiger partial charge in [0, 0.05) is 26.2 Å². The summed E-state index contributed by atoms with van der Waals surface area (Å²) in [6.07, 6.45) is 1.40. The Morgan fingerprint density at radius 1 is 1.22 bits per heavy atom. The Morgan fingerprint density at radius 2 is 1.94 bits per heavy atom. The van der Waals surface area contributed by atoms with Gasteiger partial charge >= 0.3 is 0 Å². The molecule has 32 heavy (non-hydrogen) atoms. The van der Waals surface area contributed by atoms with Gasteiger partial charge < -0.3 is 19.9 Å². The number of hydrogen-bond donors (Lipinski definition) is 1. The zero-order valence-electron chi connectivity index (χ0n) is 18.6. The third-order valence-corrected chi connectivity index (χ3v) is 6.86. The van der Waals surface area contributed by atoms with E-state index in [-0.39, 0.29) is 24.1 Å². The van der Waals surface area contributed by atoms with Crippen molar-refractivity contribution in [3.63, 3.8) is 0 Å². The first-order valence-electron chi connectivity index (χ1n) is 10.7. The summed E-state index contributed by atoms with van der Waals surface area (Å²) in [7, 11) is 1.61. The highest BCUT2D eigenvalue weighted by Crippen LogP contribution is 2.26. The largest absolute Gasteiger partial charge is 0.497 e. The second kappa shape index (κ2) is 9.66. The lowest BCUT2D eigenvalue weighted by molar-refractivity contribution is -0.122. The van der Waals surface area contributed by atoms with E-state index in [0.29, 0.717) is 10.3 Å². The van der Waals surface area contributed by atoms with E-state index in [1.165, 1.54) is 22.2 Å². The van der Waals surface area contributed by atoms with Crippen molar-refractivity contribution in [1.29, 1.82) is 0 Å². The highest BCUT2D eigenvalue weighted by atomic mass is 32.1. The van der Waals surface area contributed by atoms with Gasteiger partial charge in [0.15, 0.2) is 10.8 Å². The van der Waals surface area contributed by atoms with Gasteiger partial charge in [-0.2, -0.15) is 4.98 Å². The number of aromatic nitrogens is 3. The van der Waals surface area contributed by atoms with Crippen LogP contribution in [-0.4, -0.2) is 65.2 Å². The van der Waals surface area contributed by atoms with E-state index in [4.69, 9.17) is 4.74 Å². The summed E-state index contributed by atoms with van der Waals surface area (Å²) in [5, 5.41) is 3.75. The van der Waals surface area contributed by atoms with Gasteiger partial charge in [0.25, 0.3) is 5.56 Å². The second-order valence-electron chi connectivity index (χ2n) is 7.81. The molecule has 3 heterocycles. The Kier molecular flexibility index (Phi) is 6.71. The Labute approximate surface area is 190 Å². The van der Waals surface area contributed by atoms with E-state index >= 15 is 0 Å². The number of piperazine rings is 1. The zero-order valence-corrected chi connectivity index (χ0v) is 19.4. The van der Waals surface area contributed by atoms with Crippen LogP contribution in [0.1, 0.15) is 25.5 Å². The molecule has 9 nitrogen and oxygen atoms in total. The molecule has 1 aliphatic rings. The van der Waals surface area contributed by atoms with Crippen molar-refractivity contribution in [2.75, 3.05) is 44.7 Å². The van der Waals surface area contributed by atoms with Crippen LogP contribution in [0.25, 0.3) is 10.3 Å². The quantitative estimate of drug-likeness (QED) is 0.580. The molecule has 0 radical (unpaired) electrons. The number of carbonyl (C=O) groups is 1. The SMILES string of the molecule is CCN1CCN(c2nc3ncn(CC(=O)N[C@H](C)c4ccc(OC)cc4)c(=O)c3s2)CC1. The van der Waals surface area contributed by atoms with Crippen LogP contribution in [0.2, 0.25) is 0 Å². The standard InChI is InChI=1S/C22H28N6O3S/c1-4-26-9-11-27(12-10-26)22-25-20-19(32-22)21(30)28(14-23-20)13-18(29)24-15(2)16-5-7-17(31-3)8-6-16/h5-8,14-15H,4,9-13H2,1-3H3,(H,24,29)/t15-/m1/s1. The monoisotopic (exact) mass is 456 g/mol. The summed E-state index contributed by atoms with van der Waals surface area (Å²) in [5.74, 6) is 0.506. The number of benzene rings is 1. The Morgan fingerprint density at radius 3 is 2.59 bits per heavy atom. The molecule has 1 atom stereocenters. The molecule has 1 fully saturated rings. The van der Waals surface area contributed by atoms with Crippen molar-refractivity contribution >= 4 is 32.7 Å². The Bertz CT molecular complexity index is 1130. The van der Waals surface area contributed by atoms with E-state index in [1.54, 1.807) is 7.11 Å². The van der Waals surface area contributed by atoms with Crippen LogP contribution in [0, 0.1) is 0 Å². The molecular weight excluding hydrogens is 428 g/mol. The van der Waals surface area contributed by atoms with E-state index in [9.17, 15) is 9.59 Å². The number of anilines is 1. The molecule has 0 aliphatic carbocycles. The molecule has 0 bridgehead atoms. The van der Waals surface area contributed by atoms with Gasteiger partial charge in [-0.15, -0.1) is 0 Å². The highest BCUT2D eigenvalue weighted by molar-refractivity contribution is 7.22. The molecule has 3 aromatic rings. The minimum absolute atomic E-state index is 0.0926. The maximum absolute atomic E-state index is 13.0. The van der Waals surface area contributed by atoms with Crippen LogP contribution in [0.5, 0.6) is 5.75 Å². The minimum Gasteiger partial charge on any atom is -0.497 e. The predicted molar refractivity (Wildman–Crippen MR) is 126 cm³/mol. The van der Waals surface area contributed by atoms with E-state index in [2.05, 4.69) is 32.0 Å². The first kappa shape index (κ1) is 22.2. The van der Waals surface area contributed by atoms with Gasteiger partial charge in [-0.1, -0.05) is 30.4 Å². The number of likely N-dealkylation sites (N-methyl/N-ethyl adjacent to an activating group) is 1. The summed E-state index contributed by atoms with van der Waals surface area (Å²) >= 11 is 1.35. The molecule has 170 valence electrons. The normalized spacial score (nSPS) is 15.7. The number of nitrogens with one attached hydrogen (secondary N) is 1. The number of amides is 1. The van der Waals surface area contributed by atoms with Crippen molar-refractivity contribution in [2.45, 2.75) is 26.4 Å². The molecule has 0 saturated carbocycles. The van der Waals surface area contributed by atoms with Crippen molar-refractivity contribution < 1.29 is 9.53 Å². The summed E-state index contributed by atoms with van der Waals surface area (Å²) in [6.45, 7) is 8.74. The van der Waals surface area contributed by atoms with Gasteiger partial charge in [-0.25, -0.2) is 4.98 Å². The molecule has 1 N–H and O–H groups in total. The van der Waals surface area contributed by atoms with Crippen LogP contribution in [0.4, 0.5) is 5.13 Å². The molecule has 0 unspecified atom stereocenters.